The van der Waals surface area contributed by atoms with Crippen LogP contribution in [0.5, 0.6) is 0 Å². The van der Waals surface area contributed by atoms with Crippen molar-refractivity contribution >= 4 is 18.1 Å². The van der Waals surface area contributed by atoms with E-state index in [4.69, 9.17) is 17.0 Å². The Morgan fingerprint density at radius 2 is 1.82 bits per heavy atom. The minimum Gasteiger partial charge on any atom is -0.380 e. The van der Waals surface area contributed by atoms with Crippen molar-refractivity contribution in [2.24, 2.45) is 0 Å². The van der Waals surface area contributed by atoms with E-state index in [2.05, 4.69) is 15.5 Å². The monoisotopic (exact) mass is 396 g/mol. The van der Waals surface area contributed by atoms with Crippen LogP contribution in [0.2, 0.25) is 0 Å². The van der Waals surface area contributed by atoms with Crippen molar-refractivity contribution < 1.29 is 9.53 Å². The largest absolute Gasteiger partial charge is 0.380 e. The number of hydrogen-bond acceptors (Lipinski definition) is 4. The van der Waals surface area contributed by atoms with E-state index in [1.165, 1.54) is 5.56 Å². The zero-order valence-corrected chi connectivity index (χ0v) is 16.9. The third kappa shape index (κ3) is 5.15. The highest BCUT2D eigenvalue weighted by atomic mass is 32.1. The Hall–Kier alpha value is -2.77. The number of ether oxygens (including phenoxy) is 1. The van der Waals surface area contributed by atoms with Crippen LogP contribution < -0.4 is 5.32 Å². The van der Waals surface area contributed by atoms with Crippen LogP contribution in [0, 0.1) is 11.7 Å². The molecule has 146 valence electrons. The number of H-pyrrole nitrogens is 1. The second kappa shape index (κ2) is 9.43. The SMILES string of the molecule is COCc1ccc(CNC(=O)CCn2c(-c3ccc(C)cc3)n[nH]c2=S)cc1. The molecule has 3 rings (SSSR count). The molecule has 1 aromatic heterocycles. The summed E-state index contributed by atoms with van der Waals surface area (Å²) in [4.78, 5) is 12.3. The van der Waals surface area contributed by atoms with Gasteiger partial charge in [-0.1, -0.05) is 54.1 Å². The maximum atomic E-state index is 12.3. The van der Waals surface area contributed by atoms with Crippen molar-refractivity contribution in [3.05, 3.63) is 70.0 Å². The molecule has 0 saturated heterocycles. The molecule has 0 fully saturated rings. The summed E-state index contributed by atoms with van der Waals surface area (Å²) < 4.78 is 7.47. The third-order valence-electron chi connectivity index (χ3n) is 4.45. The lowest BCUT2D eigenvalue weighted by atomic mass is 10.1. The van der Waals surface area contributed by atoms with E-state index in [0.29, 0.717) is 30.9 Å². The number of aromatic amines is 1. The van der Waals surface area contributed by atoms with Gasteiger partial charge in [-0.25, -0.2) is 0 Å². The van der Waals surface area contributed by atoms with E-state index < -0.39 is 0 Å². The van der Waals surface area contributed by atoms with Crippen LogP contribution in [-0.4, -0.2) is 27.8 Å². The highest BCUT2D eigenvalue weighted by Gasteiger charge is 2.10. The van der Waals surface area contributed by atoms with Crippen molar-refractivity contribution in [3.8, 4) is 11.4 Å². The van der Waals surface area contributed by atoms with Gasteiger partial charge in [0, 0.05) is 32.2 Å². The molecule has 28 heavy (non-hydrogen) atoms. The molecule has 0 saturated carbocycles. The van der Waals surface area contributed by atoms with Crippen LogP contribution >= 0.6 is 12.2 Å². The molecular weight excluding hydrogens is 372 g/mol. The quantitative estimate of drug-likeness (QED) is 0.569. The molecule has 1 heterocycles. The number of aromatic nitrogens is 3. The first-order chi connectivity index (χ1) is 13.6. The zero-order chi connectivity index (χ0) is 19.9. The van der Waals surface area contributed by atoms with Crippen molar-refractivity contribution in [1.82, 2.24) is 20.1 Å². The van der Waals surface area contributed by atoms with Crippen LogP contribution in [-0.2, 0) is 29.2 Å². The molecule has 0 radical (unpaired) electrons. The van der Waals surface area contributed by atoms with Gasteiger partial charge in [0.1, 0.15) is 0 Å². The molecule has 0 bridgehead atoms. The number of methoxy groups -OCH3 is 1. The van der Waals surface area contributed by atoms with Crippen molar-refractivity contribution in [2.75, 3.05) is 7.11 Å². The molecule has 6 nitrogen and oxygen atoms in total. The smallest absolute Gasteiger partial charge is 0.222 e. The Labute approximate surface area is 169 Å². The minimum absolute atomic E-state index is 0.0288. The Kier molecular flexibility index (Phi) is 6.73. The Morgan fingerprint density at radius 1 is 1.14 bits per heavy atom. The summed E-state index contributed by atoms with van der Waals surface area (Å²) in [6, 6.07) is 16.1. The molecule has 2 N–H and O–H groups in total. The Balaban J connectivity index is 1.57. The second-order valence-corrected chi connectivity index (χ2v) is 7.03. The summed E-state index contributed by atoms with van der Waals surface area (Å²) in [7, 11) is 1.67. The molecule has 0 aliphatic rings. The Bertz CT molecular complexity index is 975. The van der Waals surface area contributed by atoms with E-state index in [9.17, 15) is 4.79 Å². The van der Waals surface area contributed by atoms with Crippen LogP contribution in [0.1, 0.15) is 23.1 Å². The van der Waals surface area contributed by atoms with E-state index in [1.54, 1.807) is 7.11 Å². The number of amides is 1. The van der Waals surface area contributed by atoms with Crippen molar-refractivity contribution in [1.29, 1.82) is 0 Å². The first kappa shape index (κ1) is 20.0. The lowest BCUT2D eigenvalue weighted by Gasteiger charge is -2.09. The fraction of sp³-hybridized carbons (Fsp3) is 0.286. The number of nitrogens with zero attached hydrogens (tertiary/aromatic N) is 2. The first-order valence-corrected chi connectivity index (χ1v) is 9.53. The van der Waals surface area contributed by atoms with Gasteiger partial charge in [-0.2, -0.15) is 5.10 Å². The summed E-state index contributed by atoms with van der Waals surface area (Å²) in [6.45, 7) is 3.59. The standard InChI is InChI=1S/C21H24N4O2S/c1-15-3-9-18(10-4-15)20-23-24-21(28)25(20)12-11-19(26)22-13-16-5-7-17(8-6-16)14-27-2/h3-10H,11-14H2,1-2H3,(H,22,26)(H,24,28). The number of benzene rings is 2. The highest BCUT2D eigenvalue weighted by molar-refractivity contribution is 7.71. The van der Waals surface area contributed by atoms with Gasteiger partial charge < -0.3 is 10.1 Å². The minimum atomic E-state index is -0.0288. The number of carbonyl (C=O) groups excluding carboxylic acids is 1. The molecule has 2 aromatic carbocycles. The molecule has 0 unspecified atom stereocenters. The average molecular weight is 397 g/mol. The normalized spacial score (nSPS) is 10.8. The maximum Gasteiger partial charge on any atom is 0.222 e. The number of hydrogen-bond donors (Lipinski definition) is 2. The molecular formula is C21H24N4O2S. The van der Waals surface area contributed by atoms with Gasteiger partial charge >= 0.3 is 0 Å². The molecule has 0 aliphatic heterocycles. The molecule has 0 aliphatic carbocycles. The van der Waals surface area contributed by atoms with Crippen LogP contribution in [0.15, 0.2) is 48.5 Å². The summed E-state index contributed by atoms with van der Waals surface area (Å²) in [5, 5.41) is 10.1. The highest BCUT2D eigenvalue weighted by Crippen LogP contribution is 2.18. The number of carbonyl (C=O) groups is 1. The number of nitrogens with one attached hydrogen (secondary N) is 2. The van der Waals surface area contributed by atoms with Crippen molar-refractivity contribution in [2.45, 2.75) is 33.0 Å². The van der Waals surface area contributed by atoms with Gasteiger partial charge in [0.15, 0.2) is 10.6 Å². The summed E-state index contributed by atoms with van der Waals surface area (Å²) in [6.07, 6.45) is 0.328. The van der Waals surface area contributed by atoms with E-state index in [1.807, 2.05) is 60.0 Å². The van der Waals surface area contributed by atoms with E-state index in [-0.39, 0.29) is 5.91 Å². The molecule has 3 aromatic rings. The van der Waals surface area contributed by atoms with Gasteiger partial charge in [-0.05, 0) is 30.3 Å². The lowest BCUT2D eigenvalue weighted by molar-refractivity contribution is -0.121. The van der Waals surface area contributed by atoms with Crippen LogP contribution in [0.25, 0.3) is 11.4 Å². The van der Waals surface area contributed by atoms with Crippen LogP contribution in [0.4, 0.5) is 0 Å². The topological polar surface area (TPSA) is 71.9 Å². The summed E-state index contributed by atoms with van der Waals surface area (Å²) in [5.41, 5.74) is 4.30. The average Bonchev–Trinajstić information content (AvgIpc) is 3.07. The molecule has 0 spiro atoms. The summed E-state index contributed by atoms with van der Waals surface area (Å²) in [5.74, 6) is 0.713. The lowest BCUT2D eigenvalue weighted by Crippen LogP contribution is -2.24. The van der Waals surface area contributed by atoms with E-state index >= 15 is 0 Å². The summed E-state index contributed by atoms with van der Waals surface area (Å²) >= 11 is 5.33. The Morgan fingerprint density at radius 3 is 2.50 bits per heavy atom. The van der Waals surface area contributed by atoms with Gasteiger partial charge in [0.2, 0.25) is 5.91 Å². The fourth-order valence-electron chi connectivity index (χ4n) is 2.87. The fourth-order valence-corrected chi connectivity index (χ4v) is 3.09. The molecule has 1 amide bonds. The zero-order valence-electron chi connectivity index (χ0n) is 16.1. The maximum absolute atomic E-state index is 12.3. The third-order valence-corrected chi connectivity index (χ3v) is 4.77. The number of aryl methyl sites for hydroxylation is 1. The molecule has 7 heteroatoms. The van der Waals surface area contributed by atoms with Gasteiger partial charge in [0.25, 0.3) is 0 Å². The van der Waals surface area contributed by atoms with Gasteiger partial charge in [-0.3, -0.25) is 14.5 Å². The molecule has 0 atom stereocenters. The number of rotatable bonds is 8. The first-order valence-electron chi connectivity index (χ1n) is 9.12. The second-order valence-electron chi connectivity index (χ2n) is 6.65. The van der Waals surface area contributed by atoms with Crippen molar-refractivity contribution in [3.63, 3.8) is 0 Å². The predicted molar refractivity (Wildman–Crippen MR) is 111 cm³/mol. The van der Waals surface area contributed by atoms with E-state index in [0.717, 1.165) is 22.5 Å². The predicted octanol–water partition coefficient (Wildman–Crippen LogP) is 3.77. The van der Waals surface area contributed by atoms with Crippen LogP contribution in [0.3, 0.4) is 0 Å². The van der Waals surface area contributed by atoms with Gasteiger partial charge in [-0.15, -0.1) is 0 Å². The van der Waals surface area contributed by atoms with Gasteiger partial charge in [0.05, 0.1) is 6.61 Å².